The Morgan fingerprint density at radius 3 is 2.70 bits per heavy atom. The number of hydrogen-bond acceptors (Lipinski definition) is 4. The Labute approximate surface area is 160 Å². The van der Waals surface area contributed by atoms with E-state index in [0.717, 1.165) is 49.4 Å². The van der Waals surface area contributed by atoms with Gasteiger partial charge in [-0.05, 0) is 48.9 Å². The number of carbonyl (C=O) groups is 1. The van der Waals surface area contributed by atoms with Gasteiger partial charge in [-0.2, -0.15) is 0 Å². The second-order valence-electron chi connectivity index (χ2n) is 7.82. The topological polar surface area (TPSA) is 49.8 Å². The molecule has 1 N–H and O–H groups in total. The zero-order chi connectivity index (χ0) is 18.9. The number of ketones is 1. The molecule has 4 nitrogen and oxygen atoms in total. The molecule has 1 aliphatic heterocycles. The predicted molar refractivity (Wildman–Crippen MR) is 105 cm³/mol. The number of methoxy groups -OCH3 is 1. The summed E-state index contributed by atoms with van der Waals surface area (Å²) in [6.45, 7) is 2.40. The summed E-state index contributed by atoms with van der Waals surface area (Å²) >= 11 is 0. The minimum absolute atomic E-state index is 0.0721. The summed E-state index contributed by atoms with van der Waals surface area (Å²) in [6.07, 6.45) is 3.26. The third-order valence-electron chi connectivity index (χ3n) is 6.18. The molecule has 142 valence electrons. The highest BCUT2D eigenvalue weighted by atomic mass is 16.5. The van der Waals surface area contributed by atoms with Gasteiger partial charge in [0, 0.05) is 31.1 Å². The minimum Gasteiger partial charge on any atom is -0.497 e. The van der Waals surface area contributed by atoms with Crippen LogP contribution in [-0.4, -0.2) is 42.5 Å². The quantitative estimate of drug-likeness (QED) is 0.902. The maximum atomic E-state index is 12.8. The van der Waals surface area contributed by atoms with Gasteiger partial charge >= 0.3 is 0 Å². The van der Waals surface area contributed by atoms with Gasteiger partial charge in [0.1, 0.15) is 5.75 Å². The van der Waals surface area contributed by atoms with Crippen LogP contribution in [0.15, 0.2) is 48.5 Å². The number of carbonyl (C=O) groups excluding carboxylic acids is 1. The number of aliphatic hydroxyl groups is 1. The first-order chi connectivity index (χ1) is 13.1. The van der Waals surface area contributed by atoms with Crippen molar-refractivity contribution in [2.45, 2.75) is 31.3 Å². The SMILES string of the molecule is COc1cccc(C2(O)CCN(CC3CCc4ccccc4C3=O)CC2)c1. The maximum Gasteiger partial charge on any atom is 0.167 e. The maximum absolute atomic E-state index is 12.8. The van der Waals surface area contributed by atoms with E-state index in [2.05, 4.69) is 11.0 Å². The lowest BCUT2D eigenvalue weighted by atomic mass is 9.81. The van der Waals surface area contributed by atoms with E-state index in [0.29, 0.717) is 12.8 Å². The Kier molecular flexibility index (Phi) is 5.02. The molecule has 0 aromatic heterocycles. The molecule has 1 fully saturated rings. The summed E-state index contributed by atoms with van der Waals surface area (Å²) in [6, 6.07) is 15.7. The molecule has 4 heteroatoms. The number of nitrogens with zero attached hydrogens (tertiary/aromatic N) is 1. The molecule has 1 saturated heterocycles. The Bertz CT molecular complexity index is 824. The number of benzene rings is 2. The highest BCUT2D eigenvalue weighted by Gasteiger charge is 2.36. The molecule has 0 saturated carbocycles. The van der Waals surface area contributed by atoms with Crippen molar-refractivity contribution in [3.05, 3.63) is 65.2 Å². The lowest BCUT2D eigenvalue weighted by Crippen LogP contribution is -2.45. The molecule has 27 heavy (non-hydrogen) atoms. The number of fused-ring (bicyclic) bond motifs is 1. The van der Waals surface area contributed by atoms with E-state index in [1.165, 1.54) is 5.56 Å². The highest BCUT2D eigenvalue weighted by Crippen LogP contribution is 2.35. The second-order valence-corrected chi connectivity index (χ2v) is 7.82. The highest BCUT2D eigenvalue weighted by molar-refractivity contribution is 6.00. The van der Waals surface area contributed by atoms with Gasteiger partial charge in [-0.25, -0.2) is 0 Å². The Morgan fingerprint density at radius 2 is 1.93 bits per heavy atom. The number of Topliss-reactive ketones (excluding diaryl/α,β-unsaturated/α-hetero) is 1. The fraction of sp³-hybridized carbons (Fsp3) is 0.435. The monoisotopic (exact) mass is 365 g/mol. The molecular formula is C23H27NO3. The molecule has 0 bridgehead atoms. The van der Waals surface area contributed by atoms with Crippen LogP contribution in [0.5, 0.6) is 5.75 Å². The third-order valence-corrected chi connectivity index (χ3v) is 6.18. The third kappa shape index (κ3) is 3.64. The van der Waals surface area contributed by atoms with E-state index in [1.807, 2.05) is 42.5 Å². The van der Waals surface area contributed by atoms with Gasteiger partial charge < -0.3 is 14.7 Å². The number of ether oxygens (including phenoxy) is 1. The summed E-state index contributed by atoms with van der Waals surface area (Å²) in [5.41, 5.74) is 2.20. The van der Waals surface area contributed by atoms with E-state index in [1.54, 1.807) is 7.11 Å². The van der Waals surface area contributed by atoms with E-state index < -0.39 is 5.60 Å². The number of piperidine rings is 1. The lowest BCUT2D eigenvalue weighted by Gasteiger charge is -2.40. The average Bonchev–Trinajstić information content (AvgIpc) is 2.72. The first kappa shape index (κ1) is 18.2. The summed E-state index contributed by atoms with van der Waals surface area (Å²) < 4.78 is 5.29. The van der Waals surface area contributed by atoms with Crippen molar-refractivity contribution >= 4 is 5.78 Å². The van der Waals surface area contributed by atoms with E-state index in [4.69, 9.17) is 4.74 Å². The van der Waals surface area contributed by atoms with Gasteiger partial charge in [0.2, 0.25) is 0 Å². The summed E-state index contributed by atoms with van der Waals surface area (Å²) in [4.78, 5) is 15.2. The van der Waals surface area contributed by atoms with Crippen molar-refractivity contribution in [1.29, 1.82) is 0 Å². The summed E-state index contributed by atoms with van der Waals surface area (Å²) in [5.74, 6) is 1.13. The normalized spacial score (nSPS) is 22.3. The molecule has 1 heterocycles. The van der Waals surface area contributed by atoms with Crippen LogP contribution in [0.4, 0.5) is 0 Å². The van der Waals surface area contributed by atoms with Crippen LogP contribution >= 0.6 is 0 Å². The standard InChI is InChI=1S/C23H27NO3/c1-27-20-7-4-6-19(15-20)23(26)11-13-24(14-12-23)16-18-10-9-17-5-2-3-8-21(17)22(18)25/h2-8,15,18,26H,9-14,16H2,1H3. The fourth-order valence-electron chi connectivity index (χ4n) is 4.45. The largest absolute Gasteiger partial charge is 0.497 e. The fourth-order valence-corrected chi connectivity index (χ4v) is 4.45. The molecule has 2 aliphatic rings. The molecule has 1 unspecified atom stereocenters. The minimum atomic E-state index is -0.811. The van der Waals surface area contributed by atoms with Crippen molar-refractivity contribution in [1.82, 2.24) is 4.90 Å². The molecule has 1 atom stereocenters. The smallest absolute Gasteiger partial charge is 0.167 e. The molecule has 0 radical (unpaired) electrons. The predicted octanol–water partition coefficient (Wildman–Crippen LogP) is 3.42. The Morgan fingerprint density at radius 1 is 1.15 bits per heavy atom. The van der Waals surface area contributed by atoms with Crippen LogP contribution < -0.4 is 4.74 Å². The molecule has 0 spiro atoms. The Balaban J connectivity index is 1.39. The first-order valence-electron chi connectivity index (χ1n) is 9.80. The summed E-state index contributed by atoms with van der Waals surface area (Å²) in [7, 11) is 1.64. The number of aryl methyl sites for hydroxylation is 1. The van der Waals surface area contributed by atoms with Crippen LogP contribution in [0.25, 0.3) is 0 Å². The van der Waals surface area contributed by atoms with Gasteiger partial charge in [0.15, 0.2) is 5.78 Å². The van der Waals surface area contributed by atoms with Crippen molar-refractivity contribution in [2.75, 3.05) is 26.7 Å². The van der Waals surface area contributed by atoms with Crippen molar-refractivity contribution in [2.24, 2.45) is 5.92 Å². The van der Waals surface area contributed by atoms with E-state index in [9.17, 15) is 9.90 Å². The molecule has 4 rings (SSSR count). The van der Waals surface area contributed by atoms with Crippen molar-refractivity contribution in [3.8, 4) is 5.75 Å². The van der Waals surface area contributed by atoms with Crippen LogP contribution in [0, 0.1) is 5.92 Å². The van der Waals surface area contributed by atoms with Crippen molar-refractivity contribution < 1.29 is 14.6 Å². The zero-order valence-corrected chi connectivity index (χ0v) is 15.9. The average molecular weight is 365 g/mol. The molecule has 2 aromatic carbocycles. The summed E-state index contributed by atoms with van der Waals surface area (Å²) in [5, 5.41) is 11.1. The lowest BCUT2D eigenvalue weighted by molar-refractivity contribution is -0.0284. The van der Waals surface area contributed by atoms with E-state index in [-0.39, 0.29) is 11.7 Å². The number of hydrogen-bond donors (Lipinski definition) is 1. The molecule has 2 aromatic rings. The van der Waals surface area contributed by atoms with Crippen LogP contribution in [0.2, 0.25) is 0 Å². The first-order valence-corrected chi connectivity index (χ1v) is 9.80. The molecule has 1 aliphatic carbocycles. The van der Waals surface area contributed by atoms with Crippen LogP contribution in [0.1, 0.15) is 40.7 Å². The van der Waals surface area contributed by atoms with Gasteiger partial charge in [0.25, 0.3) is 0 Å². The number of rotatable bonds is 4. The van der Waals surface area contributed by atoms with Gasteiger partial charge in [-0.1, -0.05) is 36.4 Å². The van der Waals surface area contributed by atoms with Gasteiger partial charge in [0.05, 0.1) is 12.7 Å². The van der Waals surface area contributed by atoms with Crippen molar-refractivity contribution in [3.63, 3.8) is 0 Å². The zero-order valence-electron chi connectivity index (χ0n) is 15.9. The molecule has 0 amide bonds. The van der Waals surface area contributed by atoms with E-state index >= 15 is 0 Å². The Hall–Kier alpha value is -2.17. The molecular weight excluding hydrogens is 338 g/mol. The van der Waals surface area contributed by atoms with Gasteiger partial charge in [-0.15, -0.1) is 0 Å². The number of likely N-dealkylation sites (tertiary alicyclic amines) is 1. The van der Waals surface area contributed by atoms with Crippen LogP contribution in [-0.2, 0) is 12.0 Å². The second kappa shape index (κ2) is 7.45. The van der Waals surface area contributed by atoms with Gasteiger partial charge in [-0.3, -0.25) is 4.79 Å². The van der Waals surface area contributed by atoms with Crippen LogP contribution in [0.3, 0.4) is 0 Å².